The van der Waals surface area contributed by atoms with E-state index in [4.69, 9.17) is 0 Å². The average molecular weight is 295 g/mol. The van der Waals surface area contributed by atoms with Gasteiger partial charge in [0.25, 0.3) is 0 Å². The van der Waals surface area contributed by atoms with Crippen LogP contribution in [0, 0.1) is 6.92 Å². The minimum atomic E-state index is -4.37. The number of carbonyl (C=O) groups is 1. The molecule has 0 radical (unpaired) electrons. The molecule has 8 heteroatoms. The smallest absolute Gasteiger partial charge is 0.338 e. The van der Waals surface area contributed by atoms with Gasteiger partial charge >= 0.3 is 12.2 Å². The quantitative estimate of drug-likeness (QED) is 0.907. The fourth-order valence-electron chi connectivity index (χ4n) is 1.50. The van der Waals surface area contributed by atoms with Gasteiger partial charge in [-0.3, -0.25) is 0 Å². The van der Waals surface area contributed by atoms with Crippen LogP contribution in [0.2, 0.25) is 0 Å². The van der Waals surface area contributed by atoms with Gasteiger partial charge < -0.3 is 10.2 Å². The van der Waals surface area contributed by atoms with Crippen LogP contribution < -0.4 is 5.32 Å². The molecule has 0 aliphatic rings. The first-order chi connectivity index (χ1) is 8.83. The van der Waals surface area contributed by atoms with Crippen molar-refractivity contribution < 1.29 is 18.0 Å². The molecule has 0 atom stereocenters. The largest absolute Gasteiger partial charge is 0.406 e. The third kappa shape index (κ3) is 5.46. The first kappa shape index (κ1) is 15.7. The molecule has 0 fully saturated rings. The Morgan fingerprint density at radius 1 is 1.53 bits per heavy atom. The lowest BCUT2D eigenvalue weighted by molar-refractivity contribution is -0.139. The lowest BCUT2D eigenvalue weighted by atomic mass is 10.3. The van der Waals surface area contributed by atoms with E-state index in [9.17, 15) is 18.0 Å². The first-order valence-electron chi connectivity index (χ1n) is 5.82. The van der Waals surface area contributed by atoms with Gasteiger partial charge in [-0.05, 0) is 13.8 Å². The Morgan fingerprint density at radius 3 is 2.68 bits per heavy atom. The normalized spacial score (nSPS) is 11.4. The molecule has 1 rings (SSSR count). The van der Waals surface area contributed by atoms with E-state index in [1.165, 1.54) is 18.3 Å². The lowest BCUT2D eigenvalue weighted by Crippen LogP contribution is -2.45. The minimum absolute atomic E-state index is 0.0188. The number of hydrogen-bond donors (Lipinski definition) is 1. The van der Waals surface area contributed by atoms with E-state index in [2.05, 4.69) is 10.3 Å². The van der Waals surface area contributed by atoms with E-state index in [0.29, 0.717) is 13.0 Å². The van der Waals surface area contributed by atoms with Crippen molar-refractivity contribution in [1.82, 2.24) is 15.2 Å². The molecule has 1 aromatic rings. The number of nitrogens with zero attached hydrogens (tertiary/aromatic N) is 2. The third-order valence-electron chi connectivity index (χ3n) is 2.51. The van der Waals surface area contributed by atoms with E-state index in [1.54, 1.807) is 5.51 Å². The summed E-state index contributed by atoms with van der Waals surface area (Å²) < 4.78 is 36.7. The van der Waals surface area contributed by atoms with E-state index in [0.717, 1.165) is 15.5 Å². The fraction of sp³-hybridized carbons (Fsp3) is 0.636. The van der Waals surface area contributed by atoms with E-state index in [-0.39, 0.29) is 6.54 Å². The Morgan fingerprint density at radius 2 is 2.21 bits per heavy atom. The number of urea groups is 1. The fourth-order valence-corrected chi connectivity index (χ4v) is 2.29. The number of hydrogen-bond acceptors (Lipinski definition) is 3. The van der Waals surface area contributed by atoms with Crippen molar-refractivity contribution in [3.05, 3.63) is 16.1 Å². The second-order valence-corrected chi connectivity index (χ2v) is 4.91. The van der Waals surface area contributed by atoms with Crippen molar-refractivity contribution >= 4 is 17.4 Å². The number of amides is 2. The topological polar surface area (TPSA) is 45.2 Å². The molecule has 0 aliphatic carbocycles. The van der Waals surface area contributed by atoms with Crippen LogP contribution in [0.15, 0.2) is 5.51 Å². The van der Waals surface area contributed by atoms with Gasteiger partial charge in [0.05, 0.1) is 11.2 Å². The second kappa shape index (κ2) is 6.74. The molecule has 1 aromatic heterocycles. The van der Waals surface area contributed by atoms with Crippen LogP contribution in [0.5, 0.6) is 0 Å². The van der Waals surface area contributed by atoms with Gasteiger partial charge in [-0.1, -0.05) is 0 Å². The van der Waals surface area contributed by atoms with E-state index in [1.807, 2.05) is 6.92 Å². The maximum Gasteiger partial charge on any atom is 0.406 e. The van der Waals surface area contributed by atoms with Crippen LogP contribution in [-0.4, -0.2) is 41.7 Å². The predicted octanol–water partition coefficient (Wildman–Crippen LogP) is 2.59. The highest BCUT2D eigenvalue weighted by Gasteiger charge is 2.32. The Hall–Kier alpha value is -1.31. The molecule has 0 unspecified atom stereocenters. The summed E-state index contributed by atoms with van der Waals surface area (Å²) in [6.45, 7) is 2.46. The third-order valence-corrected chi connectivity index (χ3v) is 3.51. The summed E-state index contributed by atoms with van der Waals surface area (Å²) in [5.41, 5.74) is 2.59. The monoisotopic (exact) mass is 295 g/mol. The van der Waals surface area contributed by atoms with Crippen LogP contribution in [0.4, 0.5) is 18.0 Å². The van der Waals surface area contributed by atoms with Crippen molar-refractivity contribution in [2.24, 2.45) is 0 Å². The summed E-state index contributed by atoms with van der Waals surface area (Å²) in [5, 5.41) is 2.49. The number of thiazole rings is 1. The Bertz CT molecular complexity index is 420. The molecule has 0 bridgehead atoms. The molecule has 19 heavy (non-hydrogen) atoms. The van der Waals surface area contributed by atoms with Gasteiger partial charge in [-0.2, -0.15) is 13.2 Å². The number of aromatic nitrogens is 1. The highest BCUT2D eigenvalue weighted by atomic mass is 32.1. The van der Waals surface area contributed by atoms with Gasteiger partial charge in [-0.25, -0.2) is 9.78 Å². The van der Waals surface area contributed by atoms with E-state index >= 15 is 0 Å². The number of halogens is 3. The zero-order chi connectivity index (χ0) is 14.5. The van der Waals surface area contributed by atoms with Gasteiger partial charge in [0.1, 0.15) is 6.54 Å². The number of alkyl halides is 3. The van der Waals surface area contributed by atoms with Crippen molar-refractivity contribution in [2.45, 2.75) is 26.4 Å². The molecule has 4 nitrogen and oxygen atoms in total. The zero-order valence-electron chi connectivity index (χ0n) is 10.8. The molecule has 2 amide bonds. The highest BCUT2D eigenvalue weighted by molar-refractivity contribution is 7.09. The molecule has 0 aliphatic heterocycles. The van der Waals surface area contributed by atoms with Gasteiger partial charge in [-0.15, -0.1) is 11.3 Å². The summed E-state index contributed by atoms with van der Waals surface area (Å²) >= 11 is 1.47. The van der Waals surface area contributed by atoms with Crippen molar-refractivity contribution in [2.75, 3.05) is 19.6 Å². The molecule has 108 valence electrons. The molecular formula is C11H16F3N3OS. The number of rotatable bonds is 5. The molecule has 0 spiro atoms. The van der Waals surface area contributed by atoms with Crippen LogP contribution in [0.25, 0.3) is 0 Å². The first-order valence-corrected chi connectivity index (χ1v) is 6.70. The average Bonchev–Trinajstić information content (AvgIpc) is 2.71. The number of carbonyl (C=O) groups excluding carboxylic acids is 1. The molecule has 0 aromatic carbocycles. The van der Waals surface area contributed by atoms with Crippen LogP contribution in [-0.2, 0) is 6.42 Å². The number of nitrogens with one attached hydrogen (secondary N) is 1. The molecule has 1 N–H and O–H groups in total. The van der Waals surface area contributed by atoms with Gasteiger partial charge in [0, 0.05) is 24.4 Å². The Balaban J connectivity index is 2.39. The summed E-state index contributed by atoms with van der Waals surface area (Å²) in [6.07, 6.45) is -3.80. The van der Waals surface area contributed by atoms with Crippen molar-refractivity contribution in [3.8, 4) is 0 Å². The predicted molar refractivity (Wildman–Crippen MR) is 67.3 cm³/mol. The molecular weight excluding hydrogens is 279 g/mol. The summed E-state index contributed by atoms with van der Waals surface area (Å²) in [4.78, 5) is 17.4. The zero-order valence-corrected chi connectivity index (χ0v) is 11.6. The van der Waals surface area contributed by atoms with Crippen molar-refractivity contribution in [3.63, 3.8) is 0 Å². The van der Waals surface area contributed by atoms with Crippen LogP contribution >= 0.6 is 11.3 Å². The van der Waals surface area contributed by atoms with Crippen molar-refractivity contribution in [1.29, 1.82) is 0 Å². The standard InChI is InChI=1S/C11H16F3N3OS/c1-3-17(6-11(12,13)14)10(18)15-5-4-9-8(2)16-7-19-9/h7H,3-6H2,1-2H3,(H,15,18). The molecule has 0 saturated carbocycles. The SMILES string of the molecule is CCN(CC(F)(F)F)C(=O)NCCc1scnc1C. The highest BCUT2D eigenvalue weighted by Crippen LogP contribution is 2.16. The summed E-state index contributed by atoms with van der Waals surface area (Å²) in [6, 6.07) is -0.693. The summed E-state index contributed by atoms with van der Waals surface area (Å²) in [7, 11) is 0. The maximum absolute atomic E-state index is 12.2. The van der Waals surface area contributed by atoms with Crippen LogP contribution in [0.3, 0.4) is 0 Å². The lowest BCUT2D eigenvalue weighted by Gasteiger charge is -2.22. The Kier molecular flexibility index (Phi) is 5.59. The minimum Gasteiger partial charge on any atom is -0.338 e. The van der Waals surface area contributed by atoms with Crippen LogP contribution in [0.1, 0.15) is 17.5 Å². The maximum atomic E-state index is 12.2. The molecule has 1 heterocycles. The molecule has 0 saturated heterocycles. The number of aryl methyl sites for hydroxylation is 1. The van der Waals surface area contributed by atoms with E-state index < -0.39 is 18.8 Å². The summed E-state index contributed by atoms with van der Waals surface area (Å²) in [5.74, 6) is 0. The Labute approximate surface area is 113 Å². The van der Waals surface area contributed by atoms with Gasteiger partial charge in [0.15, 0.2) is 0 Å². The van der Waals surface area contributed by atoms with Gasteiger partial charge in [0.2, 0.25) is 0 Å². The second-order valence-electron chi connectivity index (χ2n) is 3.97.